The van der Waals surface area contributed by atoms with Gasteiger partial charge in [0.05, 0.1) is 33.1 Å². The number of oxazole rings is 2. The van der Waals surface area contributed by atoms with Gasteiger partial charge in [0.1, 0.15) is 28.0 Å². The minimum atomic E-state index is -2.43. The fourth-order valence-electron chi connectivity index (χ4n) is 6.12. The van der Waals surface area contributed by atoms with Crippen LogP contribution in [-0.2, 0) is 0 Å². The fraction of sp³-hybridized carbons (Fsp3) is 0.206. The Morgan fingerprint density at radius 3 is 2.32 bits per heavy atom. The maximum atomic E-state index is 8.14. The third-order valence-electron chi connectivity index (χ3n) is 7.98. The molecule has 0 unspecified atom stereocenters. The van der Waals surface area contributed by atoms with Crippen LogP contribution in [0.3, 0.4) is 0 Å². The summed E-state index contributed by atoms with van der Waals surface area (Å²) in [6.45, 7) is 6.37. The second kappa shape index (κ2) is 8.54. The molecule has 202 valence electrons. The van der Waals surface area contributed by atoms with Crippen molar-refractivity contribution in [3.63, 3.8) is 0 Å². The Bertz CT molecular complexity index is 2380. The van der Waals surface area contributed by atoms with Crippen molar-refractivity contribution < 1.29 is 17.4 Å². The van der Waals surface area contributed by atoms with Crippen molar-refractivity contribution in [3.8, 4) is 17.1 Å². The number of furan rings is 1. The molecule has 8 aromatic rings. The summed E-state index contributed by atoms with van der Waals surface area (Å²) in [6.07, 6.45) is 2.66. The zero-order valence-corrected chi connectivity index (χ0v) is 23.0. The Kier molecular flexibility index (Phi) is 4.36. The molecule has 0 N–H and O–H groups in total. The average molecular weight is 544 g/mol. The standard InChI is InChI=1S/C34H28N4O3/c1-17(2)20-9-8-10-21(18(3)4)31(20)38-24-12-7-6-11-23(24)37-34(38)22-14-26-29(35-15-39-26)28-27-25(41-33(22)28)13-19(5)32-30(27)36-16-40-32/h6-18H,1-5H3/i5D3. The van der Waals surface area contributed by atoms with E-state index in [4.69, 9.17) is 22.3 Å². The predicted octanol–water partition coefficient (Wildman–Crippen LogP) is 9.43. The van der Waals surface area contributed by atoms with Crippen molar-refractivity contribution in [2.45, 2.75) is 46.4 Å². The van der Waals surface area contributed by atoms with Gasteiger partial charge in [0, 0.05) is 4.11 Å². The molecule has 0 aliphatic rings. The summed E-state index contributed by atoms with van der Waals surface area (Å²) in [5.74, 6) is 1.18. The molecule has 4 heterocycles. The van der Waals surface area contributed by atoms with Gasteiger partial charge in [-0.2, -0.15) is 0 Å². The van der Waals surface area contributed by atoms with E-state index in [1.807, 2.05) is 24.3 Å². The lowest BCUT2D eigenvalue weighted by Crippen LogP contribution is -2.08. The summed E-state index contributed by atoms with van der Waals surface area (Å²) < 4.78 is 44.8. The molecule has 4 aromatic heterocycles. The lowest BCUT2D eigenvalue weighted by atomic mass is 9.92. The number of benzene rings is 4. The number of hydrogen-bond donors (Lipinski definition) is 0. The highest BCUT2D eigenvalue weighted by molar-refractivity contribution is 6.26. The highest BCUT2D eigenvalue weighted by Gasteiger charge is 2.27. The number of aryl methyl sites for hydroxylation is 1. The largest absolute Gasteiger partial charge is 0.455 e. The van der Waals surface area contributed by atoms with Gasteiger partial charge in [0.15, 0.2) is 24.0 Å². The van der Waals surface area contributed by atoms with Gasteiger partial charge in [-0.1, -0.05) is 58.0 Å². The van der Waals surface area contributed by atoms with E-state index in [1.165, 1.54) is 30.0 Å². The third kappa shape index (κ3) is 3.29. The van der Waals surface area contributed by atoms with Crippen molar-refractivity contribution in [2.75, 3.05) is 0 Å². The third-order valence-corrected chi connectivity index (χ3v) is 7.98. The van der Waals surface area contributed by atoms with E-state index in [2.05, 4.69) is 66.5 Å². The normalized spacial score (nSPS) is 13.9. The first-order valence-electron chi connectivity index (χ1n) is 15.2. The number of nitrogens with zero attached hydrogens (tertiary/aromatic N) is 4. The summed E-state index contributed by atoms with van der Waals surface area (Å²) in [7, 11) is 0. The van der Waals surface area contributed by atoms with Gasteiger partial charge in [0.25, 0.3) is 0 Å². The topological polar surface area (TPSA) is 83.0 Å². The van der Waals surface area contributed by atoms with Crippen molar-refractivity contribution in [2.24, 2.45) is 0 Å². The molecular formula is C34H28N4O3. The Balaban J connectivity index is 1.57. The lowest BCUT2D eigenvalue weighted by Gasteiger charge is -2.22. The molecule has 0 spiro atoms. The van der Waals surface area contributed by atoms with Crippen LogP contribution in [0.4, 0.5) is 0 Å². The van der Waals surface area contributed by atoms with Gasteiger partial charge < -0.3 is 13.3 Å². The van der Waals surface area contributed by atoms with Crippen LogP contribution in [0.5, 0.6) is 0 Å². The number of imidazole rings is 1. The summed E-state index contributed by atoms with van der Waals surface area (Å²) in [4.78, 5) is 14.2. The first kappa shape index (κ1) is 20.9. The summed E-state index contributed by atoms with van der Waals surface area (Å²) in [5, 5.41) is 1.28. The molecule has 7 heteroatoms. The Morgan fingerprint density at radius 1 is 0.780 bits per heavy atom. The Labute approximate surface area is 239 Å². The maximum absolute atomic E-state index is 8.14. The van der Waals surface area contributed by atoms with Crippen LogP contribution in [-0.4, -0.2) is 19.5 Å². The van der Waals surface area contributed by atoms with Crippen molar-refractivity contribution >= 4 is 55.2 Å². The van der Waals surface area contributed by atoms with Gasteiger partial charge in [-0.25, -0.2) is 15.0 Å². The minimum absolute atomic E-state index is 0.0363. The Morgan fingerprint density at radius 2 is 1.54 bits per heavy atom. The molecule has 0 saturated carbocycles. The lowest BCUT2D eigenvalue weighted by molar-refractivity contribution is 0.599. The molecule has 0 aliphatic heterocycles. The van der Waals surface area contributed by atoms with E-state index in [0.717, 1.165) is 16.7 Å². The molecule has 0 fully saturated rings. The molecule has 8 rings (SSSR count). The highest BCUT2D eigenvalue weighted by atomic mass is 16.3. The summed E-state index contributed by atoms with van der Waals surface area (Å²) in [6, 6.07) is 18.0. The van der Waals surface area contributed by atoms with Crippen LogP contribution < -0.4 is 0 Å². The van der Waals surface area contributed by atoms with Crippen LogP contribution in [0.25, 0.3) is 72.2 Å². The molecule has 0 saturated heterocycles. The molecule has 0 aliphatic carbocycles. The maximum Gasteiger partial charge on any atom is 0.182 e. The van der Waals surface area contributed by atoms with E-state index in [1.54, 1.807) is 0 Å². The predicted molar refractivity (Wildman–Crippen MR) is 162 cm³/mol. The van der Waals surface area contributed by atoms with Gasteiger partial charge >= 0.3 is 0 Å². The number of para-hydroxylation sites is 3. The first-order valence-corrected chi connectivity index (χ1v) is 13.7. The van der Waals surface area contributed by atoms with Crippen molar-refractivity contribution in [1.82, 2.24) is 19.5 Å². The number of rotatable bonds is 4. The van der Waals surface area contributed by atoms with Crippen LogP contribution >= 0.6 is 0 Å². The SMILES string of the molecule is [2H]C([2H])([2H])c1cc2oc3c(-c4nc5ccccc5n4-c4c(C(C)C)cccc4C(C)C)cc4ocnc4c3c2c2ncoc12. The van der Waals surface area contributed by atoms with Gasteiger partial charge in [-0.3, -0.25) is 4.57 Å². The summed E-state index contributed by atoms with van der Waals surface area (Å²) >= 11 is 0. The van der Waals surface area contributed by atoms with Crippen LogP contribution in [0.15, 0.2) is 80.6 Å². The molecule has 41 heavy (non-hydrogen) atoms. The van der Waals surface area contributed by atoms with E-state index in [9.17, 15) is 0 Å². The molecule has 0 radical (unpaired) electrons. The zero-order chi connectivity index (χ0) is 30.5. The van der Waals surface area contributed by atoms with Crippen LogP contribution in [0.1, 0.15) is 60.3 Å². The van der Waals surface area contributed by atoms with E-state index in [0.29, 0.717) is 49.9 Å². The molecule has 0 bridgehead atoms. The quantitative estimate of drug-likeness (QED) is 0.220. The molecule has 7 nitrogen and oxygen atoms in total. The number of aromatic nitrogens is 4. The van der Waals surface area contributed by atoms with Gasteiger partial charge in [-0.15, -0.1) is 0 Å². The van der Waals surface area contributed by atoms with E-state index in [-0.39, 0.29) is 23.0 Å². The van der Waals surface area contributed by atoms with Crippen LogP contribution in [0.2, 0.25) is 0 Å². The van der Waals surface area contributed by atoms with Gasteiger partial charge in [0.2, 0.25) is 0 Å². The average Bonchev–Trinajstić information content (AvgIpc) is 3.78. The first-order chi connectivity index (χ1) is 21.1. The molecule has 0 atom stereocenters. The Hall–Kier alpha value is -4.91. The fourth-order valence-corrected chi connectivity index (χ4v) is 6.12. The molecular weight excluding hydrogens is 512 g/mol. The second-order valence-electron chi connectivity index (χ2n) is 11.1. The van der Waals surface area contributed by atoms with Crippen LogP contribution in [0, 0.1) is 6.85 Å². The van der Waals surface area contributed by atoms with Gasteiger partial charge in [-0.05, 0) is 59.6 Å². The van der Waals surface area contributed by atoms with Crippen molar-refractivity contribution in [1.29, 1.82) is 0 Å². The summed E-state index contributed by atoms with van der Waals surface area (Å²) in [5.41, 5.74) is 8.63. The second-order valence-corrected chi connectivity index (χ2v) is 11.1. The smallest absolute Gasteiger partial charge is 0.182 e. The zero-order valence-electron chi connectivity index (χ0n) is 26.0. The highest BCUT2D eigenvalue weighted by Crippen LogP contribution is 2.45. The van der Waals surface area contributed by atoms with E-state index >= 15 is 0 Å². The number of hydrogen-bond acceptors (Lipinski definition) is 6. The van der Waals surface area contributed by atoms with Crippen molar-refractivity contribution in [3.05, 3.63) is 84.1 Å². The van der Waals surface area contributed by atoms with E-state index < -0.39 is 6.85 Å². The number of fused-ring (bicyclic) bond motifs is 8. The molecule has 4 aromatic carbocycles. The monoisotopic (exact) mass is 543 g/mol. The minimum Gasteiger partial charge on any atom is -0.455 e. The molecule has 0 amide bonds.